The van der Waals surface area contributed by atoms with E-state index >= 15 is 0 Å². The summed E-state index contributed by atoms with van der Waals surface area (Å²) >= 11 is 0. The first-order valence-corrected chi connectivity index (χ1v) is 7.06. The number of carbonyl (C=O) groups is 3. The first-order valence-electron chi connectivity index (χ1n) is 7.06. The Morgan fingerprint density at radius 2 is 2.05 bits per heavy atom. The number of carboxylic acid groups (broad SMARTS) is 1. The van der Waals surface area contributed by atoms with E-state index in [2.05, 4.69) is 10.6 Å². The van der Waals surface area contributed by atoms with Crippen LogP contribution in [0, 0.1) is 0 Å². The third-order valence-electron chi connectivity index (χ3n) is 4.11. The van der Waals surface area contributed by atoms with Gasteiger partial charge in [-0.1, -0.05) is 6.92 Å². The van der Waals surface area contributed by atoms with Gasteiger partial charge in [-0.05, 0) is 38.6 Å². The SMILES string of the molecule is CCC1(C(=O)O)CCCN1CC(=O)NC(=O)NC1CC1. The van der Waals surface area contributed by atoms with Gasteiger partial charge in [-0.15, -0.1) is 0 Å². The summed E-state index contributed by atoms with van der Waals surface area (Å²) in [7, 11) is 0. The summed E-state index contributed by atoms with van der Waals surface area (Å²) in [6.45, 7) is 2.32. The molecule has 7 heteroatoms. The predicted octanol–water partition coefficient (Wildman–Crippen LogP) is 0.304. The number of carboxylic acids is 1. The number of nitrogens with one attached hydrogen (secondary N) is 2. The van der Waals surface area contributed by atoms with Gasteiger partial charge in [0.1, 0.15) is 5.54 Å². The number of carbonyl (C=O) groups excluding carboxylic acids is 2. The van der Waals surface area contributed by atoms with Crippen LogP contribution in [0.2, 0.25) is 0 Å². The highest BCUT2D eigenvalue weighted by Gasteiger charge is 2.46. The second kappa shape index (κ2) is 5.78. The van der Waals surface area contributed by atoms with Gasteiger partial charge in [0, 0.05) is 6.04 Å². The van der Waals surface area contributed by atoms with E-state index in [0.717, 1.165) is 19.3 Å². The molecule has 0 aromatic carbocycles. The van der Waals surface area contributed by atoms with Crippen molar-refractivity contribution < 1.29 is 19.5 Å². The van der Waals surface area contributed by atoms with E-state index in [4.69, 9.17) is 0 Å². The van der Waals surface area contributed by atoms with Gasteiger partial charge in [0.25, 0.3) is 0 Å². The van der Waals surface area contributed by atoms with Gasteiger partial charge in [0.05, 0.1) is 6.54 Å². The van der Waals surface area contributed by atoms with Crippen molar-refractivity contribution in [3.63, 3.8) is 0 Å². The minimum absolute atomic E-state index is 0.0573. The monoisotopic (exact) mass is 283 g/mol. The molecular weight excluding hydrogens is 262 g/mol. The molecule has 1 heterocycles. The highest BCUT2D eigenvalue weighted by atomic mass is 16.4. The van der Waals surface area contributed by atoms with Crippen molar-refractivity contribution in [1.82, 2.24) is 15.5 Å². The number of urea groups is 1. The zero-order chi connectivity index (χ0) is 14.8. The number of imide groups is 1. The minimum atomic E-state index is -0.968. The molecule has 2 rings (SSSR count). The average Bonchev–Trinajstić information content (AvgIpc) is 3.07. The Hall–Kier alpha value is -1.63. The largest absolute Gasteiger partial charge is 0.480 e. The molecule has 1 unspecified atom stereocenters. The Morgan fingerprint density at radius 3 is 2.60 bits per heavy atom. The maximum absolute atomic E-state index is 11.8. The van der Waals surface area contributed by atoms with Crippen molar-refractivity contribution >= 4 is 17.9 Å². The van der Waals surface area contributed by atoms with Crippen molar-refractivity contribution in [2.45, 2.75) is 50.6 Å². The minimum Gasteiger partial charge on any atom is -0.480 e. The van der Waals surface area contributed by atoms with E-state index in [9.17, 15) is 19.5 Å². The molecule has 7 nitrogen and oxygen atoms in total. The summed E-state index contributed by atoms with van der Waals surface area (Å²) in [5.74, 6) is -1.35. The van der Waals surface area contributed by atoms with Gasteiger partial charge in [-0.3, -0.25) is 19.8 Å². The second-order valence-corrected chi connectivity index (χ2v) is 5.51. The van der Waals surface area contributed by atoms with Crippen molar-refractivity contribution in [2.24, 2.45) is 0 Å². The normalized spacial score (nSPS) is 26.2. The summed E-state index contributed by atoms with van der Waals surface area (Å²) in [5.41, 5.74) is -0.968. The first-order chi connectivity index (χ1) is 9.48. The molecule has 20 heavy (non-hydrogen) atoms. The van der Waals surface area contributed by atoms with Crippen LogP contribution in [-0.2, 0) is 9.59 Å². The second-order valence-electron chi connectivity index (χ2n) is 5.51. The van der Waals surface area contributed by atoms with Crippen LogP contribution in [0.3, 0.4) is 0 Å². The molecule has 1 saturated heterocycles. The lowest BCUT2D eigenvalue weighted by atomic mass is 9.93. The fourth-order valence-corrected chi connectivity index (χ4v) is 2.75. The summed E-state index contributed by atoms with van der Waals surface area (Å²) in [4.78, 5) is 36.4. The molecule has 1 aliphatic carbocycles. The van der Waals surface area contributed by atoms with Crippen LogP contribution in [-0.4, -0.2) is 52.6 Å². The number of nitrogens with zero attached hydrogens (tertiary/aromatic N) is 1. The number of hydrogen-bond donors (Lipinski definition) is 3. The molecule has 3 N–H and O–H groups in total. The van der Waals surface area contributed by atoms with E-state index in [1.54, 1.807) is 4.90 Å². The van der Waals surface area contributed by atoms with Gasteiger partial charge in [0.2, 0.25) is 5.91 Å². The highest BCUT2D eigenvalue weighted by Crippen LogP contribution is 2.32. The number of rotatable bonds is 5. The molecule has 0 radical (unpaired) electrons. The Balaban J connectivity index is 1.88. The average molecular weight is 283 g/mol. The van der Waals surface area contributed by atoms with Gasteiger partial charge in [-0.25, -0.2) is 4.79 Å². The molecule has 112 valence electrons. The van der Waals surface area contributed by atoms with Crippen LogP contribution >= 0.6 is 0 Å². The molecular formula is C13H21N3O4. The quantitative estimate of drug-likeness (QED) is 0.674. The van der Waals surface area contributed by atoms with Crippen LogP contribution in [0.1, 0.15) is 39.0 Å². The zero-order valence-corrected chi connectivity index (χ0v) is 11.6. The maximum Gasteiger partial charge on any atom is 0.324 e. The van der Waals surface area contributed by atoms with E-state index < -0.39 is 23.4 Å². The number of likely N-dealkylation sites (tertiary alicyclic amines) is 1. The molecule has 1 atom stereocenters. The van der Waals surface area contributed by atoms with Crippen molar-refractivity contribution in [1.29, 1.82) is 0 Å². The molecule has 1 aliphatic heterocycles. The smallest absolute Gasteiger partial charge is 0.324 e. The number of aliphatic carboxylic acids is 1. The fraction of sp³-hybridized carbons (Fsp3) is 0.769. The molecule has 0 aromatic heterocycles. The zero-order valence-electron chi connectivity index (χ0n) is 11.6. The van der Waals surface area contributed by atoms with Gasteiger partial charge < -0.3 is 10.4 Å². The molecule has 0 spiro atoms. The summed E-state index contributed by atoms with van der Waals surface area (Å²) in [6.07, 6.45) is 3.64. The van der Waals surface area contributed by atoms with E-state index in [1.165, 1.54) is 0 Å². The lowest BCUT2D eigenvalue weighted by Gasteiger charge is -2.33. The van der Waals surface area contributed by atoms with Crippen LogP contribution < -0.4 is 10.6 Å². The molecule has 1 saturated carbocycles. The third kappa shape index (κ3) is 3.09. The highest BCUT2D eigenvalue weighted by molar-refractivity contribution is 5.95. The maximum atomic E-state index is 11.8. The molecule has 0 bridgehead atoms. The van der Waals surface area contributed by atoms with Gasteiger partial charge in [-0.2, -0.15) is 0 Å². The number of hydrogen-bond acceptors (Lipinski definition) is 4. The van der Waals surface area contributed by atoms with Crippen LogP contribution in [0.5, 0.6) is 0 Å². The summed E-state index contributed by atoms with van der Waals surface area (Å²) in [6, 6.07) is -0.308. The summed E-state index contributed by atoms with van der Waals surface area (Å²) < 4.78 is 0. The molecule has 2 fully saturated rings. The van der Waals surface area contributed by atoms with Crippen LogP contribution in [0.4, 0.5) is 4.79 Å². The Labute approximate surface area is 117 Å². The Morgan fingerprint density at radius 1 is 1.35 bits per heavy atom. The number of amides is 3. The Bertz CT molecular complexity index is 422. The van der Waals surface area contributed by atoms with Crippen molar-refractivity contribution in [3.05, 3.63) is 0 Å². The van der Waals surface area contributed by atoms with Crippen molar-refractivity contribution in [3.8, 4) is 0 Å². The summed E-state index contributed by atoms with van der Waals surface area (Å²) in [5, 5.41) is 14.3. The molecule has 0 aromatic rings. The third-order valence-corrected chi connectivity index (χ3v) is 4.11. The lowest BCUT2D eigenvalue weighted by Crippen LogP contribution is -2.54. The van der Waals surface area contributed by atoms with E-state index in [1.807, 2.05) is 6.92 Å². The topological polar surface area (TPSA) is 98.7 Å². The van der Waals surface area contributed by atoms with Crippen molar-refractivity contribution in [2.75, 3.05) is 13.1 Å². The van der Waals surface area contributed by atoms with Crippen LogP contribution in [0.25, 0.3) is 0 Å². The fourth-order valence-electron chi connectivity index (χ4n) is 2.75. The lowest BCUT2D eigenvalue weighted by molar-refractivity contribution is -0.150. The predicted molar refractivity (Wildman–Crippen MR) is 71.2 cm³/mol. The van der Waals surface area contributed by atoms with E-state index in [0.29, 0.717) is 19.4 Å². The van der Waals surface area contributed by atoms with Gasteiger partial charge in [0.15, 0.2) is 0 Å². The van der Waals surface area contributed by atoms with Crippen LogP contribution in [0.15, 0.2) is 0 Å². The first kappa shape index (κ1) is 14.8. The molecule has 3 amide bonds. The van der Waals surface area contributed by atoms with Gasteiger partial charge >= 0.3 is 12.0 Å². The molecule has 2 aliphatic rings. The Kier molecular flexibility index (Phi) is 4.27. The van der Waals surface area contributed by atoms with E-state index in [-0.39, 0.29) is 12.6 Å². The standard InChI is InChI=1S/C13H21N3O4/c1-2-13(11(18)19)6-3-7-16(13)8-10(17)15-12(20)14-9-4-5-9/h9H,2-8H2,1H3,(H,18,19)(H2,14,15,17,20).